The summed E-state index contributed by atoms with van der Waals surface area (Å²) in [5, 5.41) is 9.64. The summed E-state index contributed by atoms with van der Waals surface area (Å²) in [5.74, 6) is 1.11. The van der Waals surface area contributed by atoms with Crippen LogP contribution in [0.25, 0.3) is 0 Å². The van der Waals surface area contributed by atoms with Gasteiger partial charge in [-0.25, -0.2) is 0 Å². The van der Waals surface area contributed by atoms with Crippen LogP contribution < -0.4 is 0 Å². The topological polar surface area (TPSA) is 54.3 Å². The molecule has 3 heterocycles. The Morgan fingerprint density at radius 3 is 2.59 bits per heavy atom. The van der Waals surface area contributed by atoms with Crippen LogP contribution in [0.15, 0.2) is 35.5 Å². The van der Waals surface area contributed by atoms with Crippen LogP contribution in [-0.4, -0.2) is 55.9 Å². The quantitative estimate of drug-likeness (QED) is 0.698. The van der Waals surface area contributed by atoms with Crippen LogP contribution in [0.1, 0.15) is 62.5 Å². The normalized spacial score (nSPS) is 24.0. The second-order valence-corrected chi connectivity index (χ2v) is 8.96. The van der Waals surface area contributed by atoms with Gasteiger partial charge in [0.15, 0.2) is 11.0 Å². The number of benzene rings is 1. The molecule has 1 amide bonds. The molecule has 2 aliphatic rings. The van der Waals surface area contributed by atoms with Gasteiger partial charge in [0, 0.05) is 19.6 Å². The number of hydrogen-bond acceptors (Lipinski definition) is 5. The van der Waals surface area contributed by atoms with Gasteiger partial charge in [0.1, 0.15) is 6.04 Å². The zero-order valence-electron chi connectivity index (χ0n) is 17.6. The lowest BCUT2D eigenvalue weighted by Gasteiger charge is -2.41. The maximum Gasteiger partial charge on any atom is 0.245 e. The van der Waals surface area contributed by atoms with E-state index in [4.69, 9.17) is 0 Å². The second kappa shape index (κ2) is 8.88. The first kappa shape index (κ1) is 20.4. The number of piperidine rings is 1. The minimum atomic E-state index is -0.222. The van der Waals surface area contributed by atoms with Gasteiger partial charge in [-0.2, -0.15) is 0 Å². The molecule has 2 aliphatic heterocycles. The Morgan fingerprint density at radius 1 is 1.10 bits per heavy atom. The van der Waals surface area contributed by atoms with E-state index in [-0.39, 0.29) is 18.0 Å². The van der Waals surface area contributed by atoms with Gasteiger partial charge in [-0.05, 0) is 51.0 Å². The molecule has 1 aromatic heterocycles. The van der Waals surface area contributed by atoms with Crippen LogP contribution in [0.3, 0.4) is 0 Å². The fraction of sp³-hybridized carbons (Fsp3) is 0.591. The Hall–Kier alpha value is -1.86. The van der Waals surface area contributed by atoms with E-state index >= 15 is 0 Å². The number of carbonyl (C=O) groups is 1. The van der Waals surface area contributed by atoms with Gasteiger partial charge in [0.2, 0.25) is 5.91 Å². The van der Waals surface area contributed by atoms with E-state index in [2.05, 4.69) is 39.1 Å². The van der Waals surface area contributed by atoms with Gasteiger partial charge < -0.3 is 9.47 Å². The lowest BCUT2D eigenvalue weighted by atomic mass is 9.96. The molecule has 0 spiro atoms. The van der Waals surface area contributed by atoms with Crippen molar-refractivity contribution in [3.8, 4) is 0 Å². The predicted molar refractivity (Wildman–Crippen MR) is 116 cm³/mol. The maximum atomic E-state index is 14.0. The van der Waals surface area contributed by atoms with Crippen molar-refractivity contribution in [2.75, 3.05) is 19.3 Å². The number of carbonyl (C=O) groups excluding carboxylic acids is 1. The molecular weight excluding hydrogens is 382 g/mol. The molecule has 0 unspecified atom stereocenters. The predicted octanol–water partition coefficient (Wildman–Crippen LogP) is 3.82. The van der Waals surface area contributed by atoms with Crippen molar-refractivity contribution in [3.63, 3.8) is 0 Å². The fourth-order valence-corrected chi connectivity index (χ4v) is 5.36. The van der Waals surface area contributed by atoms with E-state index in [0.717, 1.165) is 55.3 Å². The molecule has 6 nitrogen and oxygen atoms in total. The van der Waals surface area contributed by atoms with Crippen molar-refractivity contribution in [1.82, 2.24) is 24.6 Å². The Morgan fingerprint density at radius 2 is 1.90 bits per heavy atom. The van der Waals surface area contributed by atoms with Gasteiger partial charge in [-0.15, -0.1) is 10.2 Å². The zero-order valence-corrected chi connectivity index (χ0v) is 18.4. The van der Waals surface area contributed by atoms with Crippen molar-refractivity contribution in [2.45, 2.75) is 62.3 Å². The van der Waals surface area contributed by atoms with Gasteiger partial charge >= 0.3 is 0 Å². The largest absolute Gasteiger partial charge is 0.331 e. The summed E-state index contributed by atoms with van der Waals surface area (Å²) >= 11 is 1.59. The van der Waals surface area contributed by atoms with E-state index in [1.807, 2.05) is 36.1 Å². The Bertz CT molecular complexity index is 839. The number of rotatable bonds is 5. The van der Waals surface area contributed by atoms with Crippen molar-refractivity contribution in [2.24, 2.45) is 7.05 Å². The SMILES string of the molecule is CSc1nnc([C@@H]2CCCN2C(=O)[C@@H](c2ccccc2)N2CCCC[C@@H]2C)n1C. The third-order valence-electron chi connectivity index (χ3n) is 6.42. The second-order valence-electron chi connectivity index (χ2n) is 8.19. The van der Waals surface area contributed by atoms with Gasteiger partial charge in [0.05, 0.1) is 6.04 Å². The van der Waals surface area contributed by atoms with Gasteiger partial charge in [-0.1, -0.05) is 48.5 Å². The monoisotopic (exact) mass is 413 g/mol. The number of thioether (sulfide) groups is 1. The van der Waals surface area contributed by atoms with Gasteiger partial charge in [0.25, 0.3) is 0 Å². The standard InChI is InChI=1S/C22H31N5OS/c1-16-10-7-8-14-26(16)19(17-11-5-4-6-12-17)21(28)27-15-9-13-18(27)20-23-24-22(29-3)25(20)2/h4-6,11-12,16,18-19H,7-10,13-15H2,1-3H3/t16-,18-,19+/m0/s1. The molecular formula is C22H31N5OS. The highest BCUT2D eigenvalue weighted by Crippen LogP contribution is 2.37. The molecule has 0 N–H and O–H groups in total. The Kier molecular flexibility index (Phi) is 6.25. The van der Waals surface area contributed by atoms with E-state index in [9.17, 15) is 4.79 Å². The zero-order chi connectivity index (χ0) is 20.4. The maximum absolute atomic E-state index is 14.0. The third-order valence-corrected chi connectivity index (χ3v) is 7.14. The smallest absolute Gasteiger partial charge is 0.245 e. The van der Waals surface area contributed by atoms with Crippen LogP contribution in [0.4, 0.5) is 0 Å². The molecule has 0 bridgehead atoms. The highest BCUT2D eigenvalue weighted by molar-refractivity contribution is 7.98. The summed E-state index contributed by atoms with van der Waals surface area (Å²) < 4.78 is 2.04. The first-order valence-corrected chi connectivity index (χ1v) is 11.9. The van der Waals surface area contributed by atoms with Crippen LogP contribution in [-0.2, 0) is 11.8 Å². The van der Waals surface area contributed by atoms with Crippen LogP contribution in [0.2, 0.25) is 0 Å². The van der Waals surface area contributed by atoms with E-state index in [1.165, 1.54) is 6.42 Å². The summed E-state index contributed by atoms with van der Waals surface area (Å²) in [7, 11) is 2.00. The Balaban J connectivity index is 1.67. The first-order valence-electron chi connectivity index (χ1n) is 10.7. The number of hydrogen-bond donors (Lipinski definition) is 0. The lowest BCUT2D eigenvalue weighted by Crippen LogP contribution is -2.48. The van der Waals surface area contributed by atoms with Crippen molar-refractivity contribution in [3.05, 3.63) is 41.7 Å². The third kappa shape index (κ3) is 3.94. The lowest BCUT2D eigenvalue weighted by molar-refractivity contribution is -0.140. The molecule has 0 saturated carbocycles. The highest BCUT2D eigenvalue weighted by Gasteiger charge is 2.40. The molecule has 0 aliphatic carbocycles. The van der Waals surface area contributed by atoms with Crippen LogP contribution in [0.5, 0.6) is 0 Å². The summed E-state index contributed by atoms with van der Waals surface area (Å²) in [5.41, 5.74) is 1.10. The molecule has 0 radical (unpaired) electrons. The summed E-state index contributed by atoms with van der Waals surface area (Å²) in [6, 6.07) is 10.5. The fourth-order valence-electron chi connectivity index (χ4n) is 4.87. The minimum absolute atomic E-state index is 0.00667. The summed E-state index contributed by atoms with van der Waals surface area (Å²) in [6.07, 6.45) is 7.52. The highest BCUT2D eigenvalue weighted by atomic mass is 32.2. The molecule has 2 fully saturated rings. The van der Waals surface area contributed by atoms with Crippen LogP contribution >= 0.6 is 11.8 Å². The van der Waals surface area contributed by atoms with E-state index in [1.54, 1.807) is 11.8 Å². The molecule has 7 heteroatoms. The number of likely N-dealkylation sites (tertiary alicyclic amines) is 2. The molecule has 1 aromatic carbocycles. The van der Waals surface area contributed by atoms with Crippen molar-refractivity contribution in [1.29, 1.82) is 0 Å². The molecule has 4 rings (SSSR count). The average Bonchev–Trinajstić information content (AvgIpc) is 3.36. The first-order chi connectivity index (χ1) is 14.1. The number of aromatic nitrogens is 3. The average molecular weight is 414 g/mol. The molecule has 29 heavy (non-hydrogen) atoms. The van der Waals surface area contributed by atoms with Crippen molar-refractivity contribution < 1.29 is 4.79 Å². The van der Waals surface area contributed by atoms with Crippen molar-refractivity contribution >= 4 is 17.7 Å². The van der Waals surface area contributed by atoms with Crippen LogP contribution in [0, 0.1) is 0 Å². The summed E-state index contributed by atoms with van der Waals surface area (Å²) in [4.78, 5) is 18.5. The molecule has 2 saturated heterocycles. The minimum Gasteiger partial charge on any atom is -0.331 e. The Labute approximate surface area is 177 Å². The number of nitrogens with zero attached hydrogens (tertiary/aromatic N) is 5. The van der Waals surface area contributed by atoms with E-state index < -0.39 is 0 Å². The molecule has 3 atom stereocenters. The van der Waals surface area contributed by atoms with E-state index in [0.29, 0.717) is 6.04 Å². The van der Waals surface area contributed by atoms with Gasteiger partial charge in [-0.3, -0.25) is 9.69 Å². The summed E-state index contributed by atoms with van der Waals surface area (Å²) in [6.45, 7) is 4.03. The molecule has 2 aromatic rings. The number of amides is 1. The molecule has 156 valence electrons.